The van der Waals surface area contributed by atoms with Gasteiger partial charge in [-0.05, 0) is 48.5 Å². The van der Waals surface area contributed by atoms with Crippen molar-refractivity contribution >= 4 is 28.1 Å². The summed E-state index contributed by atoms with van der Waals surface area (Å²) in [5, 5.41) is 5.36. The zero-order valence-corrected chi connectivity index (χ0v) is 17.7. The lowest BCUT2D eigenvalue weighted by molar-refractivity contribution is -0.120. The van der Waals surface area contributed by atoms with E-state index in [1.54, 1.807) is 0 Å². The van der Waals surface area contributed by atoms with Crippen molar-refractivity contribution in [3.63, 3.8) is 0 Å². The van der Waals surface area contributed by atoms with Crippen molar-refractivity contribution < 1.29 is 9.53 Å². The van der Waals surface area contributed by atoms with Gasteiger partial charge in [-0.15, -0.1) is 0 Å². The molecule has 1 heterocycles. The van der Waals surface area contributed by atoms with Crippen LogP contribution in [0.3, 0.4) is 0 Å². The van der Waals surface area contributed by atoms with E-state index in [4.69, 9.17) is 4.74 Å². The average molecular weight is 404 g/mol. The maximum atomic E-state index is 12.9. The molecule has 5 heteroatoms. The van der Waals surface area contributed by atoms with E-state index < -0.39 is 0 Å². The third-order valence-electron chi connectivity index (χ3n) is 5.82. The van der Waals surface area contributed by atoms with Crippen molar-refractivity contribution in [1.29, 1.82) is 0 Å². The van der Waals surface area contributed by atoms with Gasteiger partial charge in [-0.25, -0.2) is 0 Å². The molecular weight excluding hydrogens is 374 g/mol. The molecule has 0 aliphatic carbocycles. The predicted octanol–water partition coefficient (Wildman–Crippen LogP) is 4.14. The van der Waals surface area contributed by atoms with Crippen molar-refractivity contribution in [2.75, 3.05) is 43.6 Å². The number of hydrogen-bond donors (Lipinski definition) is 1. The number of amides is 1. The summed E-state index contributed by atoms with van der Waals surface area (Å²) in [7, 11) is 2.00. The van der Waals surface area contributed by atoms with Gasteiger partial charge in [-0.3, -0.25) is 9.69 Å². The smallest absolute Gasteiger partial charge is 0.241 e. The Hall–Kier alpha value is -2.89. The molecule has 4 rings (SSSR count). The third kappa shape index (κ3) is 4.64. The van der Waals surface area contributed by atoms with Gasteiger partial charge in [0.25, 0.3) is 0 Å². The molecule has 30 heavy (non-hydrogen) atoms. The average Bonchev–Trinajstić information content (AvgIpc) is 2.79. The molecule has 0 aromatic heterocycles. The van der Waals surface area contributed by atoms with E-state index in [9.17, 15) is 4.79 Å². The second-order valence-electron chi connectivity index (χ2n) is 7.87. The standard InChI is InChI=1S/C25H29N3O2/c1-19(25(29)26-23-12-11-20-7-3-4-8-21(20)17-23)27(2)18-22-9-5-6-10-24(22)28-13-15-30-16-14-28/h3-12,17,19H,13-16,18H2,1-2H3,(H,26,29)/t19-/m0/s1. The Morgan fingerprint density at radius 1 is 1.03 bits per heavy atom. The first-order chi connectivity index (χ1) is 14.6. The van der Waals surface area contributed by atoms with Gasteiger partial charge in [0.1, 0.15) is 0 Å². The lowest BCUT2D eigenvalue weighted by Crippen LogP contribution is -2.40. The molecule has 5 nitrogen and oxygen atoms in total. The Labute approximate surface area is 178 Å². The van der Waals surface area contributed by atoms with E-state index in [0.29, 0.717) is 6.54 Å². The van der Waals surface area contributed by atoms with Crippen molar-refractivity contribution in [3.8, 4) is 0 Å². The van der Waals surface area contributed by atoms with Crippen LogP contribution in [0.2, 0.25) is 0 Å². The molecule has 1 amide bonds. The van der Waals surface area contributed by atoms with Crippen LogP contribution in [0.5, 0.6) is 0 Å². The van der Waals surface area contributed by atoms with Crippen LogP contribution in [0.25, 0.3) is 10.8 Å². The zero-order chi connectivity index (χ0) is 20.9. The Balaban J connectivity index is 1.43. The highest BCUT2D eigenvalue weighted by Gasteiger charge is 2.21. The Morgan fingerprint density at radius 3 is 2.53 bits per heavy atom. The first-order valence-electron chi connectivity index (χ1n) is 10.5. The molecule has 0 bridgehead atoms. The molecule has 1 fully saturated rings. The molecule has 3 aromatic rings. The number of rotatable bonds is 6. The molecule has 0 spiro atoms. The van der Waals surface area contributed by atoms with E-state index in [0.717, 1.165) is 37.4 Å². The van der Waals surface area contributed by atoms with Crippen LogP contribution in [0.1, 0.15) is 12.5 Å². The SMILES string of the molecule is C[C@@H](C(=O)Nc1ccc2ccccc2c1)N(C)Cc1ccccc1N1CCOCC1. The lowest BCUT2D eigenvalue weighted by Gasteiger charge is -2.32. The number of para-hydroxylation sites is 1. The minimum atomic E-state index is -0.255. The molecule has 0 radical (unpaired) electrons. The molecule has 156 valence electrons. The van der Waals surface area contributed by atoms with Gasteiger partial charge in [0.05, 0.1) is 19.3 Å². The lowest BCUT2D eigenvalue weighted by atomic mass is 10.1. The predicted molar refractivity (Wildman–Crippen MR) is 123 cm³/mol. The molecule has 3 aromatic carbocycles. The number of hydrogen-bond acceptors (Lipinski definition) is 4. The van der Waals surface area contributed by atoms with Gasteiger partial charge >= 0.3 is 0 Å². The second kappa shape index (κ2) is 9.28. The fraction of sp³-hybridized carbons (Fsp3) is 0.320. The number of nitrogens with one attached hydrogen (secondary N) is 1. The van der Waals surface area contributed by atoms with Gasteiger partial charge in [-0.2, -0.15) is 0 Å². The Bertz CT molecular complexity index is 1010. The highest BCUT2D eigenvalue weighted by atomic mass is 16.5. The maximum absolute atomic E-state index is 12.9. The van der Waals surface area contributed by atoms with Gasteiger partial charge in [0, 0.05) is 31.0 Å². The minimum absolute atomic E-state index is 0.00312. The fourth-order valence-corrected chi connectivity index (χ4v) is 3.88. The van der Waals surface area contributed by atoms with Crippen LogP contribution in [0.4, 0.5) is 11.4 Å². The Kier molecular flexibility index (Phi) is 6.31. The summed E-state index contributed by atoms with van der Waals surface area (Å²) in [6.07, 6.45) is 0. The molecule has 1 aliphatic heterocycles. The summed E-state index contributed by atoms with van der Waals surface area (Å²) < 4.78 is 5.49. The summed E-state index contributed by atoms with van der Waals surface area (Å²) in [4.78, 5) is 17.3. The van der Waals surface area contributed by atoms with E-state index in [-0.39, 0.29) is 11.9 Å². The number of fused-ring (bicyclic) bond motifs is 1. The summed E-state index contributed by atoms with van der Waals surface area (Å²) >= 11 is 0. The highest BCUT2D eigenvalue weighted by molar-refractivity contribution is 5.97. The van der Waals surface area contributed by atoms with Crippen molar-refractivity contribution in [2.24, 2.45) is 0 Å². The van der Waals surface area contributed by atoms with E-state index in [1.807, 2.05) is 44.3 Å². The van der Waals surface area contributed by atoms with Crippen LogP contribution in [-0.2, 0) is 16.1 Å². The van der Waals surface area contributed by atoms with E-state index >= 15 is 0 Å². The monoisotopic (exact) mass is 403 g/mol. The maximum Gasteiger partial charge on any atom is 0.241 e. The summed E-state index contributed by atoms with van der Waals surface area (Å²) in [5.41, 5.74) is 3.29. The van der Waals surface area contributed by atoms with Gasteiger partial charge < -0.3 is 15.0 Å². The number of carbonyl (C=O) groups excluding carboxylic acids is 1. The van der Waals surface area contributed by atoms with Crippen LogP contribution >= 0.6 is 0 Å². The third-order valence-corrected chi connectivity index (χ3v) is 5.82. The number of anilines is 2. The van der Waals surface area contributed by atoms with E-state index in [2.05, 4.69) is 51.5 Å². The summed E-state index contributed by atoms with van der Waals surface area (Å²) in [5.74, 6) is -0.00312. The van der Waals surface area contributed by atoms with Gasteiger partial charge in [-0.1, -0.05) is 48.5 Å². The van der Waals surface area contributed by atoms with Crippen LogP contribution < -0.4 is 10.2 Å². The van der Waals surface area contributed by atoms with Gasteiger partial charge in [0.15, 0.2) is 0 Å². The molecular formula is C25H29N3O2. The number of likely N-dealkylation sites (N-methyl/N-ethyl adjacent to an activating group) is 1. The van der Waals surface area contributed by atoms with Gasteiger partial charge in [0.2, 0.25) is 5.91 Å². The quantitative estimate of drug-likeness (QED) is 0.672. The topological polar surface area (TPSA) is 44.8 Å². The largest absolute Gasteiger partial charge is 0.378 e. The molecule has 1 N–H and O–H groups in total. The fourth-order valence-electron chi connectivity index (χ4n) is 3.88. The first-order valence-corrected chi connectivity index (χ1v) is 10.5. The summed E-state index contributed by atoms with van der Waals surface area (Å²) in [6, 6.07) is 22.4. The number of benzene rings is 3. The van der Waals surface area contributed by atoms with E-state index in [1.165, 1.54) is 16.6 Å². The molecule has 1 aliphatic rings. The molecule has 1 saturated heterocycles. The summed E-state index contributed by atoms with van der Waals surface area (Å²) in [6.45, 7) is 5.98. The van der Waals surface area contributed by atoms with Crippen LogP contribution in [0, 0.1) is 0 Å². The number of ether oxygens (including phenoxy) is 1. The zero-order valence-electron chi connectivity index (χ0n) is 17.7. The van der Waals surface area contributed by atoms with Crippen LogP contribution in [0.15, 0.2) is 66.7 Å². The molecule has 0 unspecified atom stereocenters. The number of nitrogens with zero attached hydrogens (tertiary/aromatic N) is 2. The van der Waals surface area contributed by atoms with Crippen molar-refractivity contribution in [2.45, 2.75) is 19.5 Å². The highest BCUT2D eigenvalue weighted by Crippen LogP contribution is 2.24. The second-order valence-corrected chi connectivity index (χ2v) is 7.87. The first kappa shape index (κ1) is 20.4. The number of carbonyl (C=O) groups is 1. The van der Waals surface area contributed by atoms with Crippen molar-refractivity contribution in [1.82, 2.24) is 4.90 Å². The minimum Gasteiger partial charge on any atom is -0.378 e. The Morgan fingerprint density at radius 2 is 1.73 bits per heavy atom. The normalized spacial score (nSPS) is 15.4. The van der Waals surface area contributed by atoms with Crippen molar-refractivity contribution in [3.05, 3.63) is 72.3 Å². The molecule has 1 atom stereocenters. The van der Waals surface area contributed by atoms with Crippen LogP contribution in [-0.4, -0.2) is 50.2 Å². The molecule has 0 saturated carbocycles. The number of morpholine rings is 1.